The van der Waals surface area contributed by atoms with Crippen LogP contribution in [-0.4, -0.2) is 4.98 Å². The van der Waals surface area contributed by atoms with Crippen LogP contribution in [0.2, 0.25) is 10.0 Å². The molecule has 0 radical (unpaired) electrons. The normalized spacial score (nSPS) is 10.4. The van der Waals surface area contributed by atoms with Gasteiger partial charge in [-0.05, 0) is 49.2 Å². The summed E-state index contributed by atoms with van der Waals surface area (Å²) in [5.41, 5.74) is 2.83. The molecular weight excluding hydrogens is 269 g/mol. The molecule has 0 saturated carbocycles. The molecule has 0 atom stereocenters. The fraction of sp³-hybridized carbons (Fsp3) is 0.214. The minimum absolute atomic E-state index is 0.393. The van der Waals surface area contributed by atoms with E-state index >= 15 is 0 Å². The molecule has 0 spiro atoms. The molecule has 0 N–H and O–H groups in total. The Labute approximate surface area is 117 Å². The van der Waals surface area contributed by atoms with E-state index in [2.05, 4.69) is 4.98 Å². The number of aryl methyl sites for hydroxylation is 2. The average molecular weight is 282 g/mol. The summed E-state index contributed by atoms with van der Waals surface area (Å²) in [5.74, 6) is 0.848. The van der Waals surface area contributed by atoms with E-state index in [1.54, 1.807) is 18.3 Å². The minimum Gasteiger partial charge on any atom is -0.487 e. The molecule has 0 aliphatic rings. The number of hydrogen-bond acceptors (Lipinski definition) is 2. The molecule has 2 rings (SSSR count). The van der Waals surface area contributed by atoms with Crippen molar-refractivity contribution in [3.05, 3.63) is 57.3 Å². The highest BCUT2D eigenvalue weighted by molar-refractivity contribution is 6.31. The van der Waals surface area contributed by atoms with Gasteiger partial charge in [0.25, 0.3) is 0 Å². The third kappa shape index (κ3) is 3.15. The van der Waals surface area contributed by atoms with Crippen LogP contribution in [0, 0.1) is 13.8 Å². The van der Waals surface area contributed by atoms with Gasteiger partial charge in [0.2, 0.25) is 0 Å². The zero-order valence-corrected chi connectivity index (χ0v) is 11.7. The lowest BCUT2D eigenvalue weighted by molar-refractivity contribution is 0.297. The molecule has 0 bridgehead atoms. The van der Waals surface area contributed by atoms with Gasteiger partial charge in [-0.3, -0.25) is 4.98 Å². The molecule has 2 aromatic rings. The summed E-state index contributed by atoms with van der Waals surface area (Å²) in [6.07, 6.45) is 1.67. The molecule has 0 aliphatic heterocycles. The average Bonchev–Trinajstić information content (AvgIpc) is 2.27. The van der Waals surface area contributed by atoms with Gasteiger partial charge < -0.3 is 4.74 Å². The Morgan fingerprint density at radius 2 is 1.72 bits per heavy atom. The van der Waals surface area contributed by atoms with Crippen molar-refractivity contribution < 1.29 is 4.74 Å². The third-order valence-electron chi connectivity index (χ3n) is 2.57. The van der Waals surface area contributed by atoms with Crippen molar-refractivity contribution in [2.24, 2.45) is 0 Å². The molecule has 0 aliphatic carbocycles. The minimum atomic E-state index is 0.393. The van der Waals surface area contributed by atoms with Crippen molar-refractivity contribution in [1.82, 2.24) is 4.98 Å². The fourth-order valence-electron chi connectivity index (χ4n) is 1.80. The monoisotopic (exact) mass is 281 g/mol. The van der Waals surface area contributed by atoms with Gasteiger partial charge in [-0.2, -0.15) is 0 Å². The Hall–Kier alpha value is -1.25. The maximum atomic E-state index is 5.97. The van der Waals surface area contributed by atoms with Crippen LogP contribution in [0.1, 0.15) is 16.8 Å². The molecule has 1 heterocycles. The van der Waals surface area contributed by atoms with Gasteiger partial charge in [-0.1, -0.05) is 23.2 Å². The Morgan fingerprint density at radius 1 is 1.06 bits per heavy atom. The van der Waals surface area contributed by atoms with Crippen LogP contribution in [-0.2, 0) is 6.61 Å². The first-order valence-electron chi connectivity index (χ1n) is 5.56. The number of ether oxygens (including phenoxy) is 1. The molecule has 1 aromatic carbocycles. The summed E-state index contributed by atoms with van der Waals surface area (Å²) in [4.78, 5) is 4.20. The smallest absolute Gasteiger partial charge is 0.130 e. The van der Waals surface area contributed by atoms with Crippen molar-refractivity contribution in [2.75, 3.05) is 0 Å². The van der Waals surface area contributed by atoms with Gasteiger partial charge in [-0.15, -0.1) is 0 Å². The van der Waals surface area contributed by atoms with Gasteiger partial charge >= 0.3 is 0 Å². The lowest BCUT2D eigenvalue weighted by atomic mass is 10.1. The van der Waals surface area contributed by atoms with E-state index in [4.69, 9.17) is 27.9 Å². The summed E-state index contributed by atoms with van der Waals surface area (Å²) >= 11 is 11.9. The third-order valence-corrected chi connectivity index (χ3v) is 3.02. The maximum Gasteiger partial charge on any atom is 0.130 e. The molecule has 0 saturated heterocycles. The van der Waals surface area contributed by atoms with E-state index < -0.39 is 0 Å². The van der Waals surface area contributed by atoms with Crippen molar-refractivity contribution in [2.45, 2.75) is 20.5 Å². The lowest BCUT2D eigenvalue weighted by Crippen LogP contribution is -2.00. The van der Waals surface area contributed by atoms with Crippen molar-refractivity contribution in [3.63, 3.8) is 0 Å². The van der Waals surface area contributed by atoms with Crippen LogP contribution in [0.25, 0.3) is 0 Å². The van der Waals surface area contributed by atoms with E-state index in [0.29, 0.717) is 11.6 Å². The highest BCUT2D eigenvalue weighted by atomic mass is 35.5. The van der Waals surface area contributed by atoms with Crippen molar-refractivity contribution in [1.29, 1.82) is 0 Å². The second kappa shape index (κ2) is 5.59. The Balaban J connectivity index is 2.16. The van der Waals surface area contributed by atoms with Gasteiger partial charge in [0.15, 0.2) is 0 Å². The maximum absolute atomic E-state index is 5.97. The molecule has 0 fully saturated rings. The van der Waals surface area contributed by atoms with Crippen molar-refractivity contribution in [3.8, 4) is 5.75 Å². The number of aromatic nitrogens is 1. The number of halogens is 2. The molecule has 4 heteroatoms. The van der Waals surface area contributed by atoms with Gasteiger partial charge in [0, 0.05) is 16.2 Å². The molecular formula is C14H13Cl2NO. The molecule has 2 nitrogen and oxygen atoms in total. The Kier molecular flexibility index (Phi) is 4.10. The quantitative estimate of drug-likeness (QED) is 0.821. The first-order chi connectivity index (χ1) is 8.56. The number of pyridine rings is 1. The van der Waals surface area contributed by atoms with Crippen LogP contribution < -0.4 is 4.74 Å². The van der Waals surface area contributed by atoms with Gasteiger partial charge in [0.05, 0.1) is 5.69 Å². The van der Waals surface area contributed by atoms with E-state index in [0.717, 1.165) is 27.6 Å². The second-order valence-electron chi connectivity index (χ2n) is 4.12. The van der Waals surface area contributed by atoms with Crippen LogP contribution in [0.4, 0.5) is 0 Å². The summed E-state index contributed by atoms with van der Waals surface area (Å²) in [6.45, 7) is 4.34. The summed E-state index contributed by atoms with van der Waals surface area (Å²) in [5, 5.41) is 1.38. The summed E-state index contributed by atoms with van der Waals surface area (Å²) in [6, 6.07) is 7.30. The van der Waals surface area contributed by atoms with Crippen LogP contribution >= 0.6 is 23.2 Å². The Morgan fingerprint density at radius 3 is 2.33 bits per heavy atom. The van der Waals surface area contributed by atoms with Crippen molar-refractivity contribution >= 4 is 23.2 Å². The standard InChI is InChI=1S/C14H13Cl2NO/c1-9-5-12(16)6-10(2)14(9)18-8-13-7-11(15)3-4-17-13/h3-7H,8H2,1-2H3. The first-order valence-corrected chi connectivity index (χ1v) is 6.32. The topological polar surface area (TPSA) is 22.1 Å². The number of benzene rings is 1. The van der Waals surface area contributed by atoms with E-state index in [9.17, 15) is 0 Å². The largest absolute Gasteiger partial charge is 0.487 e. The number of hydrogen-bond donors (Lipinski definition) is 0. The molecule has 94 valence electrons. The number of nitrogens with zero attached hydrogens (tertiary/aromatic N) is 1. The zero-order valence-electron chi connectivity index (χ0n) is 10.2. The number of rotatable bonds is 3. The molecule has 18 heavy (non-hydrogen) atoms. The predicted octanol–water partition coefficient (Wildman–Crippen LogP) is 4.58. The molecule has 0 amide bonds. The Bertz CT molecular complexity index is 546. The first kappa shape index (κ1) is 13.2. The lowest BCUT2D eigenvalue weighted by Gasteiger charge is -2.12. The highest BCUT2D eigenvalue weighted by Crippen LogP contribution is 2.27. The van der Waals surface area contributed by atoms with E-state index in [1.165, 1.54) is 0 Å². The highest BCUT2D eigenvalue weighted by Gasteiger charge is 2.06. The van der Waals surface area contributed by atoms with Crippen LogP contribution in [0.5, 0.6) is 5.75 Å². The fourth-order valence-corrected chi connectivity index (χ4v) is 2.31. The van der Waals surface area contributed by atoms with Gasteiger partial charge in [-0.25, -0.2) is 0 Å². The molecule has 0 unspecified atom stereocenters. The van der Waals surface area contributed by atoms with Crippen LogP contribution in [0.3, 0.4) is 0 Å². The molecule has 1 aromatic heterocycles. The SMILES string of the molecule is Cc1cc(Cl)cc(C)c1OCc1cc(Cl)ccn1. The van der Waals surface area contributed by atoms with E-state index in [-0.39, 0.29) is 0 Å². The second-order valence-corrected chi connectivity index (χ2v) is 5.00. The van der Waals surface area contributed by atoms with Crippen LogP contribution in [0.15, 0.2) is 30.5 Å². The van der Waals surface area contributed by atoms with Gasteiger partial charge in [0.1, 0.15) is 12.4 Å². The zero-order chi connectivity index (χ0) is 13.1. The predicted molar refractivity (Wildman–Crippen MR) is 74.5 cm³/mol. The van der Waals surface area contributed by atoms with E-state index in [1.807, 2.05) is 26.0 Å². The summed E-state index contributed by atoms with van der Waals surface area (Å²) < 4.78 is 5.78. The summed E-state index contributed by atoms with van der Waals surface area (Å²) in [7, 11) is 0.